The van der Waals surface area contributed by atoms with Crippen LogP contribution in [0.2, 0.25) is 0 Å². The summed E-state index contributed by atoms with van der Waals surface area (Å²) in [4.78, 5) is 92.6. The standard InChI is InChI=1S/C18H30O9S2.C17H28O9S2.C6H9NO.C4H7NO.H2NP.V/c1-6-22-8-9-23-10-11-25-15(19)12(3)26-16(20)13(4)27-17(21)14(5)29-18(28)24-7-2;1-3-21-7-8-22-9-10-24-15(19)12-26-16(20)13-25-14(18)6-5-11-28-17(27)23-4-2;1-2-7-5-3-4-6(7)8;6-4-2-1-3-5-4;1-2;/h12-14H,6-11H2,1-5H3;3-13H2,1-2H3;2H,1,3-5H2;1-3H2,(H,5,6);2H2;. The molecule has 74 heavy (non-hydrogen) atoms. The third-order valence-corrected chi connectivity index (χ3v) is 10.8. The topological polar surface area (TPSA) is 275 Å². The van der Waals surface area contributed by atoms with Crippen molar-refractivity contribution in [2.24, 2.45) is 3.56 Å². The summed E-state index contributed by atoms with van der Waals surface area (Å²) in [5.74, 6) is -3.29. The van der Waals surface area contributed by atoms with E-state index in [1.54, 1.807) is 24.9 Å². The number of likely N-dealkylation sites (tertiary alicyclic amines) is 1. The van der Waals surface area contributed by atoms with Crippen LogP contribution < -0.4 is 5.32 Å². The molecular formula is C45H76N3O20PS4V. The zero-order chi connectivity index (χ0) is 56.4. The van der Waals surface area contributed by atoms with Gasteiger partial charge in [-0.3, -0.25) is 19.2 Å². The van der Waals surface area contributed by atoms with E-state index in [0.29, 0.717) is 75.8 Å². The zero-order valence-corrected chi connectivity index (χ0v) is 49.3. The predicted octanol–water partition coefficient (Wildman–Crippen LogP) is 4.55. The Hall–Kier alpha value is -3.37. The number of amides is 2. The van der Waals surface area contributed by atoms with E-state index in [4.69, 9.17) is 76.5 Å². The molecule has 425 valence electrons. The summed E-state index contributed by atoms with van der Waals surface area (Å²) in [6.07, 6.45) is 3.38. The Kier molecular flexibility index (Phi) is 53.7. The second kappa shape index (κ2) is 53.0. The van der Waals surface area contributed by atoms with Gasteiger partial charge in [0.25, 0.3) is 0 Å². The molecule has 1 N–H and O–H groups in total. The quantitative estimate of drug-likeness (QED) is 0.0328. The summed E-state index contributed by atoms with van der Waals surface area (Å²) in [6, 6.07) is 0. The first-order chi connectivity index (χ1) is 35.4. The van der Waals surface area contributed by atoms with Gasteiger partial charge in [0, 0.05) is 51.3 Å². The number of hydrogen-bond acceptors (Lipinski definition) is 25. The molecule has 0 radical (unpaired) electrons. The number of thioether (sulfide) groups is 2. The minimum atomic E-state index is -1.19. The summed E-state index contributed by atoms with van der Waals surface area (Å²) in [7, 11) is 2.18. The molecule has 2 amide bonds. The molecule has 0 bridgehead atoms. The molecule has 0 spiro atoms. The second-order valence-corrected chi connectivity index (χ2v) is 19.0. The van der Waals surface area contributed by atoms with Crippen molar-refractivity contribution in [1.82, 2.24) is 10.2 Å². The first-order valence-corrected chi connectivity index (χ1v) is 27.4. The van der Waals surface area contributed by atoms with Crippen LogP contribution in [0.15, 0.2) is 16.3 Å². The van der Waals surface area contributed by atoms with Gasteiger partial charge in [0.2, 0.25) is 20.6 Å². The van der Waals surface area contributed by atoms with Crippen LogP contribution in [0.4, 0.5) is 0 Å². The van der Waals surface area contributed by atoms with Gasteiger partial charge in [0.05, 0.1) is 52.9 Å². The van der Waals surface area contributed by atoms with Crippen molar-refractivity contribution in [1.29, 1.82) is 0 Å². The van der Waals surface area contributed by atoms with Gasteiger partial charge in [0.15, 0.2) is 25.4 Å². The molecule has 2 fully saturated rings. The van der Waals surface area contributed by atoms with Crippen molar-refractivity contribution in [3.8, 4) is 0 Å². The SMILES string of the molecule is C=CN1CCCC1=O.CCOCCOCCOC(=O)C(C)OC(=O)C(C)OC(=O)C(C)SC(=S)OCC.CCOCCOCCOC(=O)COC(=O)COC(=O)CCCSC(=S)OCC.O=C1CCCN1.P[N]=[V]. The maximum absolute atomic E-state index is 12.0. The third-order valence-electron chi connectivity index (χ3n) is 8.17. The van der Waals surface area contributed by atoms with Crippen molar-refractivity contribution >= 4 is 114 Å². The average Bonchev–Trinajstić information content (AvgIpc) is 4.04. The number of rotatable bonds is 31. The molecule has 29 heteroatoms. The summed E-state index contributed by atoms with van der Waals surface area (Å²) < 4.78 is 63.9. The number of carbonyl (C=O) groups excluding carboxylic acids is 8. The number of ether oxygens (including phenoxy) is 12. The molecular weight excluding hydrogens is 1110 g/mol. The summed E-state index contributed by atoms with van der Waals surface area (Å²) in [6.45, 7) is 20.1. The Bertz CT molecular complexity index is 1650. The van der Waals surface area contributed by atoms with Crippen molar-refractivity contribution in [2.45, 2.75) is 104 Å². The number of thiocarbonyl (C=S) groups is 2. The predicted molar refractivity (Wildman–Crippen MR) is 282 cm³/mol. The first kappa shape index (κ1) is 74.9. The van der Waals surface area contributed by atoms with Gasteiger partial charge in [-0.25, -0.2) is 19.2 Å². The monoisotopic (exact) mass is 1190 g/mol. The van der Waals surface area contributed by atoms with Crippen molar-refractivity contribution in [3.05, 3.63) is 12.8 Å². The van der Waals surface area contributed by atoms with Crippen molar-refractivity contribution < 1.29 is 112 Å². The Morgan fingerprint density at radius 3 is 1.66 bits per heavy atom. The van der Waals surface area contributed by atoms with E-state index < -0.39 is 66.5 Å². The van der Waals surface area contributed by atoms with E-state index in [0.717, 1.165) is 44.1 Å². The van der Waals surface area contributed by atoms with Crippen LogP contribution in [-0.4, -0.2) is 190 Å². The zero-order valence-electron chi connectivity index (χ0n) is 43.5. The van der Waals surface area contributed by atoms with E-state index >= 15 is 0 Å². The van der Waals surface area contributed by atoms with Crippen LogP contribution in [0.5, 0.6) is 0 Å². The van der Waals surface area contributed by atoms with Crippen LogP contribution in [0.3, 0.4) is 0 Å². The Morgan fingerprint density at radius 1 is 0.689 bits per heavy atom. The molecule has 2 heterocycles. The number of hydrogen-bond donors (Lipinski definition) is 1. The number of esters is 6. The Morgan fingerprint density at radius 2 is 1.19 bits per heavy atom. The van der Waals surface area contributed by atoms with Gasteiger partial charge in [-0.05, 0) is 98.4 Å². The average molecular weight is 1190 g/mol. The van der Waals surface area contributed by atoms with Gasteiger partial charge >= 0.3 is 66.0 Å². The van der Waals surface area contributed by atoms with Gasteiger partial charge in [-0.2, -0.15) is 0 Å². The molecule has 0 aromatic rings. The molecule has 2 saturated heterocycles. The molecule has 23 nitrogen and oxygen atoms in total. The first-order valence-electron chi connectivity index (χ1n) is 23.6. The van der Waals surface area contributed by atoms with Crippen LogP contribution in [0.1, 0.15) is 87.0 Å². The van der Waals surface area contributed by atoms with Crippen molar-refractivity contribution in [3.63, 3.8) is 0 Å². The molecule has 0 aromatic heterocycles. The normalized spacial score (nSPS) is 13.2. The fraction of sp³-hybridized carbons (Fsp3) is 0.733. The van der Waals surface area contributed by atoms with E-state index in [-0.39, 0.29) is 49.0 Å². The van der Waals surface area contributed by atoms with Gasteiger partial charge in [-0.15, -0.1) is 0 Å². The minimum absolute atomic E-state index is 0.0197. The van der Waals surface area contributed by atoms with Gasteiger partial charge < -0.3 is 67.1 Å². The molecule has 2 rings (SSSR count). The Labute approximate surface area is 466 Å². The third kappa shape index (κ3) is 48.3. The molecule has 4 unspecified atom stereocenters. The van der Waals surface area contributed by atoms with Crippen LogP contribution in [0.25, 0.3) is 0 Å². The molecule has 0 saturated carbocycles. The number of carbonyl (C=O) groups is 8. The van der Waals surface area contributed by atoms with E-state index in [9.17, 15) is 38.4 Å². The molecule has 2 aliphatic heterocycles. The molecule has 2 aliphatic rings. The maximum atomic E-state index is 12.0. The van der Waals surface area contributed by atoms with Crippen molar-refractivity contribution in [2.75, 3.05) is 111 Å². The van der Waals surface area contributed by atoms with Crippen LogP contribution in [0, 0.1) is 0 Å². The summed E-state index contributed by atoms with van der Waals surface area (Å²) >= 11 is 14.3. The Balaban J connectivity index is -0.00000103. The number of nitrogens with zero attached hydrogens (tertiary/aromatic N) is 2. The van der Waals surface area contributed by atoms with E-state index in [1.807, 2.05) is 20.8 Å². The van der Waals surface area contributed by atoms with Crippen LogP contribution >= 0.6 is 57.4 Å². The second-order valence-electron chi connectivity index (χ2n) is 14.0. The molecule has 0 aromatic carbocycles. The van der Waals surface area contributed by atoms with E-state index in [1.165, 1.54) is 25.6 Å². The van der Waals surface area contributed by atoms with E-state index in [2.05, 4.69) is 46.8 Å². The molecule has 0 aliphatic carbocycles. The fourth-order valence-electron chi connectivity index (χ4n) is 4.64. The van der Waals surface area contributed by atoms with Crippen LogP contribution in [-0.2, 0) is 112 Å². The summed E-state index contributed by atoms with van der Waals surface area (Å²) in [5.41, 5.74) is 0. The fourth-order valence-corrected chi connectivity index (χ4v) is 6.84. The molecule has 4 atom stereocenters. The van der Waals surface area contributed by atoms with Gasteiger partial charge in [-0.1, -0.05) is 30.1 Å². The van der Waals surface area contributed by atoms with Gasteiger partial charge in [0.1, 0.15) is 18.5 Å². The summed E-state index contributed by atoms with van der Waals surface area (Å²) in [5, 5.41) is 2.02. The number of nitrogens with one attached hydrogen (secondary N) is 1.